The highest BCUT2D eigenvalue weighted by Gasteiger charge is 2.61. The van der Waals surface area contributed by atoms with Gasteiger partial charge in [0.15, 0.2) is 5.76 Å². The number of para-hydroxylation sites is 1. The van der Waals surface area contributed by atoms with E-state index in [0.717, 1.165) is 12.1 Å². The molecule has 0 fully saturated rings. The monoisotopic (exact) mass is 320 g/mol. The van der Waals surface area contributed by atoms with Crippen molar-refractivity contribution in [1.82, 2.24) is 0 Å². The van der Waals surface area contributed by atoms with Crippen molar-refractivity contribution in [2.24, 2.45) is 0 Å². The Morgan fingerprint density at radius 3 is 2.17 bits per heavy atom. The molecule has 0 radical (unpaired) electrons. The van der Waals surface area contributed by atoms with Gasteiger partial charge in [0.1, 0.15) is 5.58 Å². The van der Waals surface area contributed by atoms with Crippen LogP contribution < -0.4 is 0 Å². The van der Waals surface area contributed by atoms with E-state index in [1.54, 1.807) is 18.2 Å². The summed E-state index contributed by atoms with van der Waals surface area (Å²) in [5, 5.41) is 10.7. The normalized spacial score (nSPS) is 14.6. The summed E-state index contributed by atoms with van der Waals surface area (Å²) in [4.78, 5) is 12.4. The van der Waals surface area contributed by atoms with Crippen molar-refractivity contribution in [2.75, 3.05) is 0 Å². The molecule has 3 nitrogen and oxygen atoms in total. The molecule has 3 aromatic rings. The van der Waals surface area contributed by atoms with Gasteiger partial charge < -0.3 is 9.52 Å². The minimum absolute atomic E-state index is 0.272. The maximum absolute atomic E-state index is 13.5. The molecule has 3 rings (SSSR count). The molecule has 1 heterocycles. The zero-order chi connectivity index (χ0) is 16.7. The topological polar surface area (TPSA) is 50.4 Å². The molecular formula is C17H11F3O3. The molecule has 23 heavy (non-hydrogen) atoms. The van der Waals surface area contributed by atoms with Crippen LogP contribution in [0.15, 0.2) is 65.1 Å². The second kappa shape index (κ2) is 5.24. The molecule has 0 spiro atoms. The summed E-state index contributed by atoms with van der Waals surface area (Å²) < 4.78 is 45.6. The number of carbonyl (C=O) groups excluding carboxylic acids is 1. The Morgan fingerprint density at radius 1 is 0.957 bits per heavy atom. The number of Topliss-reactive ketones (excluding diaryl/α,β-unsaturated/α-hetero) is 1. The van der Waals surface area contributed by atoms with Crippen LogP contribution in [0.5, 0.6) is 0 Å². The third-order valence-corrected chi connectivity index (χ3v) is 3.58. The summed E-state index contributed by atoms with van der Waals surface area (Å²) in [6.07, 6.45) is -5.19. The molecule has 0 amide bonds. The fraction of sp³-hybridized carbons (Fsp3) is 0.118. The van der Waals surface area contributed by atoms with Crippen molar-refractivity contribution in [3.05, 3.63) is 72.0 Å². The molecule has 118 valence electrons. The first kappa shape index (κ1) is 15.3. The Hall–Kier alpha value is -2.60. The fourth-order valence-electron chi connectivity index (χ4n) is 2.37. The first-order valence-electron chi connectivity index (χ1n) is 6.72. The summed E-state index contributed by atoms with van der Waals surface area (Å²) in [6.45, 7) is 0. The molecule has 1 aromatic heterocycles. The Bertz CT molecular complexity index is 819. The lowest BCUT2D eigenvalue weighted by Crippen LogP contribution is -2.49. The smallest absolute Gasteiger partial charge is 0.429 e. The Kier molecular flexibility index (Phi) is 3.49. The van der Waals surface area contributed by atoms with E-state index in [1.165, 1.54) is 30.3 Å². The molecule has 0 bridgehead atoms. The number of benzene rings is 2. The molecule has 0 unspecified atom stereocenters. The van der Waals surface area contributed by atoms with Crippen LogP contribution in [0.4, 0.5) is 13.2 Å². The van der Waals surface area contributed by atoms with E-state index in [-0.39, 0.29) is 5.58 Å². The van der Waals surface area contributed by atoms with Crippen molar-refractivity contribution < 1.29 is 27.5 Å². The van der Waals surface area contributed by atoms with Crippen molar-refractivity contribution >= 4 is 16.8 Å². The van der Waals surface area contributed by atoms with Gasteiger partial charge in [-0.25, -0.2) is 0 Å². The number of halogens is 3. The maximum Gasteiger partial charge on any atom is 0.429 e. The largest absolute Gasteiger partial charge is 0.453 e. The number of furan rings is 1. The Labute approximate surface area is 129 Å². The highest BCUT2D eigenvalue weighted by molar-refractivity contribution is 6.04. The number of rotatable bonds is 3. The third-order valence-electron chi connectivity index (χ3n) is 3.58. The van der Waals surface area contributed by atoms with Gasteiger partial charge in [0.25, 0.3) is 5.60 Å². The van der Waals surface area contributed by atoms with E-state index in [0.29, 0.717) is 5.39 Å². The zero-order valence-electron chi connectivity index (χ0n) is 11.7. The highest BCUT2D eigenvalue weighted by atomic mass is 19.4. The van der Waals surface area contributed by atoms with Crippen molar-refractivity contribution in [3.8, 4) is 0 Å². The van der Waals surface area contributed by atoms with Crippen LogP contribution in [0.1, 0.15) is 16.1 Å². The van der Waals surface area contributed by atoms with Crippen LogP contribution in [0, 0.1) is 0 Å². The molecule has 2 aromatic carbocycles. The van der Waals surface area contributed by atoms with Gasteiger partial charge >= 0.3 is 6.18 Å². The zero-order valence-corrected chi connectivity index (χ0v) is 11.7. The summed E-state index contributed by atoms with van der Waals surface area (Å²) in [7, 11) is 0. The number of fused-ring (bicyclic) bond motifs is 1. The number of hydrogen-bond acceptors (Lipinski definition) is 3. The average molecular weight is 320 g/mol. The van der Waals surface area contributed by atoms with Gasteiger partial charge in [0.2, 0.25) is 5.78 Å². The minimum Gasteiger partial charge on any atom is -0.453 e. The lowest BCUT2D eigenvalue weighted by Gasteiger charge is -2.28. The van der Waals surface area contributed by atoms with E-state index in [2.05, 4.69) is 0 Å². The third kappa shape index (κ3) is 2.41. The quantitative estimate of drug-likeness (QED) is 0.740. The number of aliphatic hydroxyl groups is 1. The maximum atomic E-state index is 13.5. The van der Waals surface area contributed by atoms with Gasteiger partial charge in [-0.1, -0.05) is 48.5 Å². The molecule has 0 aliphatic heterocycles. The standard InChI is InChI=1S/C17H11F3O3/c18-17(19,20)16(22,12-7-2-1-3-8-12)15(21)14-10-11-6-4-5-9-13(11)23-14/h1-10,22H/t16-/m0/s1. The van der Waals surface area contributed by atoms with E-state index < -0.39 is 28.9 Å². The second-order valence-electron chi connectivity index (χ2n) is 5.05. The Morgan fingerprint density at radius 2 is 1.57 bits per heavy atom. The highest BCUT2D eigenvalue weighted by Crippen LogP contribution is 2.42. The lowest BCUT2D eigenvalue weighted by molar-refractivity contribution is -0.242. The molecule has 1 atom stereocenters. The van der Waals surface area contributed by atoms with E-state index >= 15 is 0 Å². The van der Waals surface area contributed by atoms with Gasteiger partial charge in [-0.05, 0) is 12.1 Å². The Balaban J connectivity index is 2.15. The van der Waals surface area contributed by atoms with Crippen LogP contribution in [-0.4, -0.2) is 17.1 Å². The van der Waals surface area contributed by atoms with Gasteiger partial charge in [-0.15, -0.1) is 0 Å². The molecule has 0 aliphatic carbocycles. The average Bonchev–Trinajstić information content (AvgIpc) is 2.97. The van der Waals surface area contributed by atoms with E-state index in [9.17, 15) is 23.1 Å². The minimum atomic E-state index is -5.19. The van der Waals surface area contributed by atoms with Crippen LogP contribution in [0.2, 0.25) is 0 Å². The van der Waals surface area contributed by atoms with Crippen LogP contribution >= 0.6 is 0 Å². The summed E-state index contributed by atoms with van der Waals surface area (Å²) in [6, 6.07) is 13.8. The summed E-state index contributed by atoms with van der Waals surface area (Å²) in [5.41, 5.74) is -3.95. The van der Waals surface area contributed by atoms with Crippen molar-refractivity contribution in [2.45, 2.75) is 11.8 Å². The fourth-order valence-corrected chi connectivity index (χ4v) is 2.37. The van der Waals surface area contributed by atoms with Crippen molar-refractivity contribution in [3.63, 3.8) is 0 Å². The molecule has 0 saturated carbocycles. The van der Waals surface area contributed by atoms with E-state index in [1.807, 2.05) is 0 Å². The van der Waals surface area contributed by atoms with Gasteiger partial charge in [-0.2, -0.15) is 13.2 Å². The van der Waals surface area contributed by atoms with Gasteiger partial charge in [-0.3, -0.25) is 4.79 Å². The van der Waals surface area contributed by atoms with Gasteiger partial charge in [0.05, 0.1) is 0 Å². The number of alkyl halides is 3. The predicted molar refractivity (Wildman–Crippen MR) is 76.9 cm³/mol. The van der Waals surface area contributed by atoms with Crippen LogP contribution in [0.25, 0.3) is 11.0 Å². The summed E-state index contributed by atoms with van der Waals surface area (Å²) in [5.74, 6) is -2.10. The number of hydrogen-bond donors (Lipinski definition) is 1. The SMILES string of the molecule is O=C(c1cc2ccccc2o1)[C@@](O)(c1ccccc1)C(F)(F)F. The molecule has 1 N–H and O–H groups in total. The molecule has 0 aliphatic rings. The van der Waals surface area contributed by atoms with E-state index in [4.69, 9.17) is 4.42 Å². The first-order chi connectivity index (χ1) is 10.8. The van der Waals surface area contributed by atoms with Crippen molar-refractivity contribution in [1.29, 1.82) is 0 Å². The van der Waals surface area contributed by atoms with Gasteiger partial charge in [0, 0.05) is 10.9 Å². The summed E-state index contributed by atoms with van der Waals surface area (Å²) >= 11 is 0. The molecular weight excluding hydrogens is 309 g/mol. The molecule has 6 heteroatoms. The number of ketones is 1. The van der Waals surface area contributed by atoms with Crippen LogP contribution in [-0.2, 0) is 5.60 Å². The second-order valence-corrected chi connectivity index (χ2v) is 5.05. The van der Waals surface area contributed by atoms with Crippen LogP contribution in [0.3, 0.4) is 0 Å². The first-order valence-corrected chi connectivity index (χ1v) is 6.72. The number of carbonyl (C=O) groups is 1. The predicted octanol–water partition coefficient (Wildman–Crippen LogP) is 4.07. The molecule has 0 saturated heterocycles. The lowest BCUT2D eigenvalue weighted by atomic mass is 9.87.